The molecule has 0 aliphatic carbocycles. The second-order valence-corrected chi connectivity index (χ2v) is 11.1. The van der Waals surface area contributed by atoms with Gasteiger partial charge in [0.1, 0.15) is 11.6 Å². The standard InChI is InChI=1S/C26H37N3O5/c1-6-25-12-13-26(34-25)19(18(25)21(31)27-14-17-10-8-7-9-11-17)23(33)29(16(2)15-30)20(26)22(32)28-24(3,4)5/h7-11,16,18-20,30H,6,12-15H2,1-5H3,(H,27,31)(H,28,32)/t16-,18-,19+,20?,25+,26?/m1/s1. The Morgan fingerprint density at radius 3 is 2.47 bits per heavy atom. The van der Waals surface area contributed by atoms with E-state index in [1.807, 2.05) is 58.0 Å². The molecule has 4 rings (SSSR count). The molecule has 3 saturated heterocycles. The van der Waals surface area contributed by atoms with E-state index in [0.717, 1.165) is 5.56 Å². The molecule has 2 bridgehead atoms. The molecule has 3 fully saturated rings. The molecule has 8 heteroatoms. The highest BCUT2D eigenvalue weighted by atomic mass is 16.5. The molecule has 1 aromatic carbocycles. The van der Waals surface area contributed by atoms with E-state index in [-0.39, 0.29) is 24.3 Å². The Balaban J connectivity index is 1.71. The van der Waals surface area contributed by atoms with Crippen molar-refractivity contribution in [1.29, 1.82) is 0 Å². The number of likely N-dealkylation sites (tertiary alicyclic amines) is 1. The Morgan fingerprint density at radius 1 is 1.21 bits per heavy atom. The number of aliphatic hydroxyl groups excluding tert-OH is 1. The highest BCUT2D eigenvalue weighted by molar-refractivity contribution is 5.99. The highest BCUT2D eigenvalue weighted by Crippen LogP contribution is 2.64. The maximum atomic E-state index is 13.9. The molecule has 0 radical (unpaired) electrons. The summed E-state index contributed by atoms with van der Waals surface area (Å²) in [6.45, 7) is 9.43. The van der Waals surface area contributed by atoms with Crippen LogP contribution in [0.15, 0.2) is 30.3 Å². The number of aliphatic hydroxyl groups is 1. The van der Waals surface area contributed by atoms with Crippen molar-refractivity contribution in [3.63, 3.8) is 0 Å². The number of benzene rings is 1. The second kappa shape index (κ2) is 8.64. The smallest absolute Gasteiger partial charge is 0.246 e. The fourth-order valence-corrected chi connectivity index (χ4v) is 6.25. The fraction of sp³-hybridized carbons (Fsp3) is 0.654. The SMILES string of the molecule is CC[C@@]12CCC3(O1)C(C(=O)NC(C)(C)C)N([C@H](C)CO)C(=O)[C@@H]3[C@@H]2C(=O)NCc1ccccc1. The van der Waals surface area contributed by atoms with Crippen molar-refractivity contribution in [2.45, 2.75) is 89.3 Å². The number of nitrogens with one attached hydrogen (secondary N) is 2. The van der Waals surface area contributed by atoms with Crippen LogP contribution in [0.3, 0.4) is 0 Å². The minimum absolute atomic E-state index is 0.223. The molecule has 2 unspecified atom stereocenters. The quantitative estimate of drug-likeness (QED) is 0.562. The average Bonchev–Trinajstić information content (AvgIpc) is 3.40. The number of hydrogen-bond donors (Lipinski definition) is 3. The molecule has 3 N–H and O–H groups in total. The van der Waals surface area contributed by atoms with Crippen molar-refractivity contribution in [2.24, 2.45) is 11.8 Å². The maximum absolute atomic E-state index is 13.9. The van der Waals surface area contributed by atoms with Gasteiger partial charge in [-0.3, -0.25) is 14.4 Å². The third kappa shape index (κ3) is 3.81. The summed E-state index contributed by atoms with van der Waals surface area (Å²) in [5.41, 5.74) is -1.40. The summed E-state index contributed by atoms with van der Waals surface area (Å²) in [6.07, 6.45) is 1.71. The summed E-state index contributed by atoms with van der Waals surface area (Å²) in [5, 5.41) is 15.9. The van der Waals surface area contributed by atoms with Gasteiger partial charge in [0, 0.05) is 12.1 Å². The Hall–Kier alpha value is -2.45. The van der Waals surface area contributed by atoms with Crippen LogP contribution in [0.2, 0.25) is 0 Å². The first-order valence-corrected chi connectivity index (χ1v) is 12.3. The van der Waals surface area contributed by atoms with Crippen molar-refractivity contribution in [1.82, 2.24) is 15.5 Å². The minimum Gasteiger partial charge on any atom is -0.394 e. The average molecular weight is 472 g/mol. The largest absolute Gasteiger partial charge is 0.394 e. The lowest BCUT2D eigenvalue weighted by Gasteiger charge is -2.37. The third-order valence-corrected chi connectivity index (χ3v) is 7.70. The van der Waals surface area contributed by atoms with Gasteiger partial charge in [-0.25, -0.2) is 0 Å². The van der Waals surface area contributed by atoms with Gasteiger partial charge in [0.05, 0.1) is 30.1 Å². The molecule has 8 nitrogen and oxygen atoms in total. The topological polar surface area (TPSA) is 108 Å². The van der Waals surface area contributed by atoms with E-state index in [9.17, 15) is 19.5 Å². The van der Waals surface area contributed by atoms with Crippen LogP contribution in [-0.4, -0.2) is 63.2 Å². The van der Waals surface area contributed by atoms with E-state index >= 15 is 0 Å². The zero-order valence-corrected chi connectivity index (χ0v) is 20.8. The predicted octanol–water partition coefficient (Wildman–Crippen LogP) is 1.75. The Kier molecular flexibility index (Phi) is 6.27. The molecule has 1 spiro atoms. The Bertz CT molecular complexity index is 961. The van der Waals surface area contributed by atoms with Crippen LogP contribution in [0, 0.1) is 11.8 Å². The van der Waals surface area contributed by atoms with Gasteiger partial charge in [-0.15, -0.1) is 0 Å². The van der Waals surface area contributed by atoms with Crippen molar-refractivity contribution in [3.05, 3.63) is 35.9 Å². The van der Waals surface area contributed by atoms with Gasteiger partial charge in [0.25, 0.3) is 0 Å². The number of hydrogen-bond acceptors (Lipinski definition) is 5. The van der Waals surface area contributed by atoms with Crippen LogP contribution in [-0.2, 0) is 25.7 Å². The molecule has 0 saturated carbocycles. The van der Waals surface area contributed by atoms with Crippen LogP contribution >= 0.6 is 0 Å². The molecule has 3 aliphatic heterocycles. The lowest BCUT2D eigenvalue weighted by molar-refractivity contribution is -0.151. The molecule has 3 amide bonds. The third-order valence-electron chi connectivity index (χ3n) is 7.70. The van der Waals surface area contributed by atoms with Crippen molar-refractivity contribution in [2.75, 3.05) is 6.61 Å². The van der Waals surface area contributed by atoms with Crippen LogP contribution < -0.4 is 10.6 Å². The first-order chi connectivity index (χ1) is 16.0. The second-order valence-electron chi connectivity index (χ2n) is 11.1. The molecular weight excluding hydrogens is 434 g/mol. The number of carbonyl (C=O) groups excluding carboxylic acids is 3. The first-order valence-electron chi connectivity index (χ1n) is 12.3. The number of fused-ring (bicyclic) bond motifs is 1. The number of ether oxygens (including phenoxy) is 1. The molecule has 1 aromatic rings. The lowest BCUT2D eigenvalue weighted by Crippen LogP contribution is -2.60. The minimum atomic E-state index is -1.08. The molecule has 34 heavy (non-hydrogen) atoms. The first kappa shape index (κ1) is 24.7. The summed E-state index contributed by atoms with van der Waals surface area (Å²) in [5.74, 6) is -2.27. The summed E-state index contributed by atoms with van der Waals surface area (Å²) < 4.78 is 6.68. The predicted molar refractivity (Wildman–Crippen MR) is 126 cm³/mol. The van der Waals surface area contributed by atoms with Gasteiger partial charge in [-0.2, -0.15) is 0 Å². The van der Waals surface area contributed by atoms with Crippen molar-refractivity contribution < 1.29 is 24.2 Å². The van der Waals surface area contributed by atoms with Crippen LogP contribution in [0.25, 0.3) is 0 Å². The van der Waals surface area contributed by atoms with Gasteiger partial charge in [0.15, 0.2) is 0 Å². The number of rotatable bonds is 7. The highest BCUT2D eigenvalue weighted by Gasteiger charge is 2.79. The van der Waals surface area contributed by atoms with Crippen molar-refractivity contribution in [3.8, 4) is 0 Å². The normalized spacial score (nSPS) is 33.1. The van der Waals surface area contributed by atoms with E-state index in [0.29, 0.717) is 25.8 Å². The molecule has 6 atom stereocenters. The maximum Gasteiger partial charge on any atom is 0.246 e. The summed E-state index contributed by atoms with van der Waals surface area (Å²) in [4.78, 5) is 42.5. The van der Waals surface area contributed by atoms with Gasteiger partial charge >= 0.3 is 0 Å². The number of amides is 3. The summed E-state index contributed by atoms with van der Waals surface area (Å²) >= 11 is 0. The van der Waals surface area contributed by atoms with Crippen molar-refractivity contribution >= 4 is 17.7 Å². The van der Waals surface area contributed by atoms with Crippen LogP contribution in [0.4, 0.5) is 0 Å². The number of carbonyl (C=O) groups is 3. The lowest BCUT2D eigenvalue weighted by atomic mass is 9.65. The van der Waals surface area contributed by atoms with Gasteiger partial charge in [-0.05, 0) is 52.5 Å². The molecule has 186 valence electrons. The monoisotopic (exact) mass is 471 g/mol. The molecule has 3 aliphatic rings. The van der Waals surface area contributed by atoms with Gasteiger partial charge < -0.3 is 25.4 Å². The zero-order valence-electron chi connectivity index (χ0n) is 20.8. The Labute approximate surface area is 201 Å². The number of nitrogens with zero attached hydrogens (tertiary/aromatic N) is 1. The molecule has 3 heterocycles. The van der Waals surface area contributed by atoms with E-state index in [4.69, 9.17) is 4.74 Å². The Morgan fingerprint density at radius 2 is 1.88 bits per heavy atom. The van der Waals surface area contributed by atoms with Crippen LogP contribution in [0.5, 0.6) is 0 Å². The molecule has 0 aromatic heterocycles. The van der Waals surface area contributed by atoms with Gasteiger partial charge in [0.2, 0.25) is 17.7 Å². The fourth-order valence-electron chi connectivity index (χ4n) is 6.25. The van der Waals surface area contributed by atoms with Gasteiger partial charge in [-0.1, -0.05) is 37.3 Å². The van der Waals surface area contributed by atoms with Crippen LogP contribution in [0.1, 0.15) is 59.4 Å². The van der Waals surface area contributed by atoms with E-state index in [1.54, 1.807) is 6.92 Å². The summed E-state index contributed by atoms with van der Waals surface area (Å²) in [7, 11) is 0. The van der Waals surface area contributed by atoms with E-state index < -0.39 is 40.7 Å². The summed E-state index contributed by atoms with van der Waals surface area (Å²) in [6, 6.07) is 8.15. The van der Waals surface area contributed by atoms with E-state index in [1.165, 1.54) is 4.90 Å². The molecular formula is C26H37N3O5. The van der Waals surface area contributed by atoms with E-state index in [2.05, 4.69) is 10.6 Å². The zero-order chi connectivity index (χ0) is 24.9.